The fourth-order valence-electron chi connectivity index (χ4n) is 11.8. The maximum atomic E-state index is 13.3. The molecule has 0 aliphatic carbocycles. The first kappa shape index (κ1) is 81.0. The Balaban J connectivity index is 1.41. The summed E-state index contributed by atoms with van der Waals surface area (Å²) in [5.74, 6) is -0.299. The van der Waals surface area contributed by atoms with Crippen molar-refractivity contribution in [3.8, 4) is 0 Å². The maximum Gasteiger partial charge on any atom is 0.220 e. The molecule has 19 heteroatoms. The van der Waals surface area contributed by atoms with Crippen molar-refractivity contribution in [2.75, 3.05) is 26.4 Å². The van der Waals surface area contributed by atoms with Gasteiger partial charge in [-0.25, -0.2) is 0 Å². The molecule has 0 bridgehead atoms. The second-order valence-corrected chi connectivity index (χ2v) is 25.3. The summed E-state index contributed by atoms with van der Waals surface area (Å²) in [4.78, 5) is 13.3. The fourth-order valence-corrected chi connectivity index (χ4v) is 11.8. The summed E-state index contributed by atoms with van der Waals surface area (Å²) in [7, 11) is 0. The largest absolute Gasteiger partial charge is 0.394 e. The van der Waals surface area contributed by atoms with Gasteiger partial charge in [0.2, 0.25) is 5.91 Å². The number of amides is 1. The zero-order valence-corrected chi connectivity index (χ0v) is 54.9. The van der Waals surface area contributed by atoms with Crippen molar-refractivity contribution in [2.45, 2.75) is 362 Å². The molecule has 3 heterocycles. The number of nitrogens with one attached hydrogen (secondary N) is 1. The molecule has 3 fully saturated rings. The Hall–Kier alpha value is -2.25. The van der Waals surface area contributed by atoms with Crippen molar-refractivity contribution >= 4 is 5.91 Å². The number of aliphatic hydroxyl groups excluding tert-OH is 11. The summed E-state index contributed by atoms with van der Waals surface area (Å²) < 4.78 is 34.3. The van der Waals surface area contributed by atoms with Crippen molar-refractivity contribution in [2.24, 2.45) is 0 Å². The Bertz CT molecular complexity index is 1800. The highest BCUT2D eigenvalue weighted by Crippen LogP contribution is 2.33. The molecule has 3 aliphatic heterocycles. The van der Waals surface area contributed by atoms with Gasteiger partial charge in [-0.15, -0.1) is 0 Å². The van der Waals surface area contributed by atoms with Gasteiger partial charge in [0.25, 0.3) is 0 Å². The Kier molecular flexibility index (Phi) is 47.4. The number of carbonyl (C=O) groups is 1. The van der Waals surface area contributed by atoms with Crippen LogP contribution in [0.3, 0.4) is 0 Å². The second-order valence-electron chi connectivity index (χ2n) is 25.3. The molecule has 0 radical (unpaired) electrons. The highest BCUT2D eigenvalue weighted by atomic mass is 16.8. The quantitative estimate of drug-likeness (QED) is 0.0199. The van der Waals surface area contributed by atoms with Gasteiger partial charge in [-0.1, -0.05) is 229 Å². The molecule has 1 amide bonds. The summed E-state index contributed by atoms with van der Waals surface area (Å²) >= 11 is 0. The number of hydrogen-bond donors (Lipinski definition) is 12. The van der Waals surface area contributed by atoms with E-state index in [1.165, 1.54) is 161 Å². The minimum atomic E-state index is -1.98. The Morgan fingerprint density at radius 3 is 1.13 bits per heavy atom. The zero-order chi connectivity index (χ0) is 64.7. The predicted molar refractivity (Wildman–Crippen MR) is 346 cm³/mol. The molecule has 0 aromatic rings. The van der Waals surface area contributed by atoms with Crippen LogP contribution in [0.25, 0.3) is 0 Å². The van der Waals surface area contributed by atoms with Gasteiger partial charge in [0, 0.05) is 6.42 Å². The SMILES string of the molecule is CCCCCC/C=C\CCCCCCCC(=O)NC(COC1OC(CO)C(OC2OC(CO)C(OC3OC(CO)C(O)C(O)C3O)C(O)C2O)C(O)C1O)C(O)/C=C/CC/C=C/CC/C=C/CCCCCCCCCCCCCCCCCCCCCCC. The highest BCUT2D eigenvalue weighted by molar-refractivity contribution is 5.76. The number of hydrogen-bond acceptors (Lipinski definition) is 18. The van der Waals surface area contributed by atoms with Gasteiger partial charge in [-0.2, -0.15) is 0 Å². The van der Waals surface area contributed by atoms with Crippen LogP contribution >= 0.6 is 0 Å². The number of ether oxygens (including phenoxy) is 6. The van der Waals surface area contributed by atoms with Gasteiger partial charge < -0.3 is 89.9 Å². The van der Waals surface area contributed by atoms with E-state index >= 15 is 0 Å². The van der Waals surface area contributed by atoms with Crippen LogP contribution in [0, 0.1) is 0 Å². The van der Waals surface area contributed by atoms with Crippen molar-refractivity contribution in [3.63, 3.8) is 0 Å². The molecule has 19 nitrogen and oxygen atoms in total. The minimum absolute atomic E-state index is 0.221. The predicted octanol–water partition coefficient (Wildman–Crippen LogP) is 9.39. The van der Waals surface area contributed by atoms with Crippen LogP contribution in [-0.4, -0.2) is 193 Å². The summed E-state index contributed by atoms with van der Waals surface area (Å²) in [6, 6.07) is -1.00. The average Bonchev–Trinajstić information content (AvgIpc) is 2.38. The molecule has 0 saturated carbocycles. The summed E-state index contributed by atoms with van der Waals surface area (Å²) in [5, 5.41) is 120. The van der Waals surface area contributed by atoms with E-state index < -0.39 is 124 Å². The maximum absolute atomic E-state index is 13.3. The van der Waals surface area contributed by atoms with E-state index in [9.17, 15) is 61.0 Å². The first-order chi connectivity index (χ1) is 43.3. The molecule has 89 heavy (non-hydrogen) atoms. The topological polar surface area (TPSA) is 307 Å². The van der Waals surface area contributed by atoms with Gasteiger partial charge in [0.1, 0.15) is 73.2 Å². The first-order valence-corrected chi connectivity index (χ1v) is 35.4. The third-order valence-corrected chi connectivity index (χ3v) is 17.6. The molecule has 3 aliphatic rings. The van der Waals surface area contributed by atoms with Crippen molar-refractivity contribution in [1.82, 2.24) is 5.32 Å². The molecule has 12 N–H and O–H groups in total. The van der Waals surface area contributed by atoms with Crippen molar-refractivity contribution < 1.29 is 89.4 Å². The number of carbonyl (C=O) groups excluding carboxylic acids is 1. The molecule has 3 saturated heterocycles. The van der Waals surface area contributed by atoms with Crippen LogP contribution in [0.2, 0.25) is 0 Å². The Labute approximate surface area is 535 Å². The summed E-state index contributed by atoms with van der Waals surface area (Å²) in [6.07, 6.45) is 35.5. The number of allylic oxidation sites excluding steroid dienone is 7. The van der Waals surface area contributed by atoms with E-state index in [0.717, 1.165) is 64.2 Å². The van der Waals surface area contributed by atoms with Crippen molar-refractivity contribution in [3.05, 3.63) is 48.6 Å². The highest BCUT2D eigenvalue weighted by Gasteiger charge is 2.53. The van der Waals surface area contributed by atoms with Crippen LogP contribution in [0.5, 0.6) is 0 Å². The molecular weight excluding hydrogens is 1140 g/mol. The number of rotatable bonds is 54. The summed E-state index contributed by atoms with van der Waals surface area (Å²) in [5.41, 5.74) is 0. The van der Waals surface area contributed by atoms with E-state index in [4.69, 9.17) is 28.4 Å². The normalized spacial score (nSPS) is 28.5. The standard InChI is InChI=1S/C70H127NO18/c1-3-5-7-9-11-13-15-17-18-19-20-21-22-23-24-25-26-27-28-29-30-31-32-33-34-36-37-39-41-43-45-47-54(75)53(71-58(76)48-46-44-42-40-38-35-16-14-12-10-8-6-4-2)52-84-68-64(82)61(79)66(56(50-73)86-68)89-70-65(83)62(80)67(57(51-74)87-70)88-69-63(81)60(78)59(77)55(49-72)85-69/h14,16,32-33,37,39,45,47,53-57,59-70,72-75,77-83H,3-13,15,17-31,34-36,38,40-44,46,48-52H2,1-2H3,(H,71,76)/b16-14-,33-32+,39-37+,47-45+. The van der Waals surface area contributed by atoms with E-state index in [2.05, 4.69) is 55.6 Å². The van der Waals surface area contributed by atoms with Crippen LogP contribution < -0.4 is 5.32 Å². The molecule has 0 spiro atoms. The van der Waals surface area contributed by atoms with Crippen molar-refractivity contribution in [1.29, 1.82) is 0 Å². The Morgan fingerprint density at radius 2 is 0.719 bits per heavy atom. The van der Waals surface area contributed by atoms with E-state index in [1.807, 2.05) is 6.08 Å². The van der Waals surface area contributed by atoms with E-state index in [0.29, 0.717) is 12.8 Å². The lowest BCUT2D eigenvalue weighted by Gasteiger charge is -2.48. The summed E-state index contributed by atoms with van der Waals surface area (Å²) in [6.45, 7) is 1.69. The van der Waals surface area contributed by atoms with Crippen LogP contribution in [0.4, 0.5) is 0 Å². The molecule has 3 rings (SSSR count). The van der Waals surface area contributed by atoms with E-state index in [-0.39, 0.29) is 18.9 Å². The molecule has 520 valence electrons. The van der Waals surface area contributed by atoms with Gasteiger partial charge in [0.15, 0.2) is 18.9 Å². The smallest absolute Gasteiger partial charge is 0.220 e. The molecule has 0 aromatic heterocycles. The zero-order valence-electron chi connectivity index (χ0n) is 54.9. The third-order valence-electron chi connectivity index (χ3n) is 17.6. The van der Waals surface area contributed by atoms with Crippen LogP contribution in [-0.2, 0) is 33.2 Å². The van der Waals surface area contributed by atoms with Gasteiger partial charge >= 0.3 is 0 Å². The second kappa shape index (κ2) is 52.1. The number of aliphatic hydroxyl groups is 11. The van der Waals surface area contributed by atoms with Gasteiger partial charge in [-0.3, -0.25) is 4.79 Å². The lowest BCUT2D eigenvalue weighted by Crippen LogP contribution is -2.66. The lowest BCUT2D eigenvalue weighted by molar-refractivity contribution is -0.379. The molecule has 17 atom stereocenters. The molecule has 17 unspecified atom stereocenters. The molecular formula is C70H127NO18. The Morgan fingerprint density at radius 1 is 0.393 bits per heavy atom. The average molecular weight is 1270 g/mol. The number of unbranched alkanes of at least 4 members (excludes halogenated alkanes) is 32. The monoisotopic (exact) mass is 1270 g/mol. The first-order valence-electron chi connectivity index (χ1n) is 35.4. The van der Waals surface area contributed by atoms with E-state index in [1.54, 1.807) is 6.08 Å². The van der Waals surface area contributed by atoms with Gasteiger partial charge in [0.05, 0.1) is 38.6 Å². The van der Waals surface area contributed by atoms with Gasteiger partial charge in [-0.05, 0) is 70.6 Å². The lowest BCUT2D eigenvalue weighted by atomic mass is 9.96. The van der Waals surface area contributed by atoms with Crippen LogP contribution in [0.1, 0.15) is 258 Å². The fraction of sp³-hybridized carbons (Fsp3) is 0.871. The molecule has 0 aromatic carbocycles. The van der Waals surface area contributed by atoms with Crippen LogP contribution in [0.15, 0.2) is 48.6 Å². The minimum Gasteiger partial charge on any atom is -0.394 e. The third kappa shape index (κ3) is 34.1.